The lowest BCUT2D eigenvalue weighted by atomic mass is 10.1. The van der Waals surface area contributed by atoms with Gasteiger partial charge in [0.2, 0.25) is 11.2 Å². The lowest BCUT2D eigenvalue weighted by Gasteiger charge is -2.10. The highest BCUT2D eigenvalue weighted by Crippen LogP contribution is 2.30. The lowest BCUT2D eigenvalue weighted by Crippen LogP contribution is -2.16. The predicted molar refractivity (Wildman–Crippen MR) is 99.7 cm³/mol. The van der Waals surface area contributed by atoms with Crippen molar-refractivity contribution in [3.8, 4) is 17.1 Å². The van der Waals surface area contributed by atoms with Crippen LogP contribution in [0.15, 0.2) is 63.8 Å². The van der Waals surface area contributed by atoms with E-state index in [0.29, 0.717) is 29.4 Å². The number of hydrogen-bond donors (Lipinski definition) is 1. The van der Waals surface area contributed by atoms with Crippen molar-refractivity contribution < 1.29 is 23.8 Å². The molecule has 6 heteroatoms. The summed E-state index contributed by atoms with van der Waals surface area (Å²) in [5, 5.41) is 8.97. The van der Waals surface area contributed by atoms with Crippen LogP contribution in [-0.4, -0.2) is 17.0 Å². The normalized spacial score (nSPS) is 10.7. The molecule has 0 saturated heterocycles. The molecule has 0 spiro atoms. The van der Waals surface area contributed by atoms with Gasteiger partial charge in [-0.25, -0.2) is 0 Å². The third-order valence-corrected chi connectivity index (χ3v) is 4.03. The zero-order valence-corrected chi connectivity index (χ0v) is 14.5. The van der Waals surface area contributed by atoms with Crippen molar-refractivity contribution in [3.63, 3.8) is 0 Å². The minimum atomic E-state index is -0.912. The second-order valence-electron chi connectivity index (χ2n) is 6.03. The van der Waals surface area contributed by atoms with Crippen LogP contribution in [0.4, 0.5) is 0 Å². The quantitative estimate of drug-likeness (QED) is 0.501. The molecule has 2 aromatic carbocycles. The minimum absolute atomic E-state index is 0.0132. The predicted octanol–water partition coefficient (Wildman–Crippen LogP) is 4.01. The number of aliphatic carboxylic acids is 1. The average molecular weight is 366 g/mol. The maximum absolute atomic E-state index is 12.9. The molecule has 0 unspecified atom stereocenters. The van der Waals surface area contributed by atoms with Gasteiger partial charge in [-0.15, -0.1) is 0 Å². The van der Waals surface area contributed by atoms with Crippen molar-refractivity contribution in [2.45, 2.75) is 25.7 Å². The standard InChI is InChI=1S/C21H18O6/c22-17(23)12-6-7-13-18(24)27-21-19(25)15-10-4-5-11-16(15)26-20(21)14-8-2-1-3-9-14/h1-5,8-11H,6-7,12-13H2,(H,22,23). The molecule has 0 aliphatic rings. The summed E-state index contributed by atoms with van der Waals surface area (Å²) in [4.78, 5) is 35.6. The molecule has 0 fully saturated rings. The van der Waals surface area contributed by atoms with Crippen molar-refractivity contribution in [2.75, 3.05) is 0 Å². The van der Waals surface area contributed by atoms with E-state index >= 15 is 0 Å². The number of rotatable bonds is 7. The smallest absolute Gasteiger partial charge is 0.311 e. The zero-order chi connectivity index (χ0) is 19.2. The number of carbonyl (C=O) groups excluding carboxylic acids is 1. The van der Waals surface area contributed by atoms with Crippen molar-refractivity contribution in [2.24, 2.45) is 0 Å². The molecular weight excluding hydrogens is 348 g/mol. The van der Waals surface area contributed by atoms with Gasteiger partial charge in [0.15, 0.2) is 5.76 Å². The Hall–Kier alpha value is -3.41. The van der Waals surface area contributed by atoms with Crippen molar-refractivity contribution >= 4 is 22.9 Å². The van der Waals surface area contributed by atoms with Crippen LogP contribution in [0.3, 0.4) is 0 Å². The topological polar surface area (TPSA) is 93.8 Å². The first kappa shape index (κ1) is 18.4. The zero-order valence-electron chi connectivity index (χ0n) is 14.5. The van der Waals surface area contributed by atoms with E-state index in [1.165, 1.54) is 0 Å². The number of carbonyl (C=O) groups is 2. The molecule has 1 aromatic heterocycles. The second kappa shape index (κ2) is 8.31. The van der Waals surface area contributed by atoms with E-state index < -0.39 is 17.4 Å². The molecule has 6 nitrogen and oxygen atoms in total. The number of hydrogen-bond acceptors (Lipinski definition) is 5. The van der Waals surface area contributed by atoms with E-state index in [0.717, 1.165) is 0 Å². The minimum Gasteiger partial charge on any atom is -0.481 e. The van der Waals surface area contributed by atoms with E-state index in [9.17, 15) is 14.4 Å². The highest BCUT2D eigenvalue weighted by atomic mass is 16.5. The van der Waals surface area contributed by atoms with Crippen LogP contribution in [0.5, 0.6) is 5.75 Å². The largest absolute Gasteiger partial charge is 0.481 e. The third kappa shape index (κ3) is 4.41. The fourth-order valence-electron chi connectivity index (χ4n) is 2.71. The third-order valence-electron chi connectivity index (χ3n) is 4.03. The van der Waals surface area contributed by atoms with Crippen LogP contribution in [0.25, 0.3) is 22.3 Å². The Morgan fingerprint density at radius 2 is 1.59 bits per heavy atom. The molecule has 0 bridgehead atoms. The number of ether oxygens (including phenoxy) is 1. The number of fused-ring (bicyclic) bond motifs is 1. The molecule has 27 heavy (non-hydrogen) atoms. The summed E-state index contributed by atoms with van der Waals surface area (Å²) in [5.41, 5.74) is 0.603. The van der Waals surface area contributed by atoms with Gasteiger partial charge in [0, 0.05) is 18.4 Å². The molecule has 3 rings (SSSR count). The number of unbranched alkanes of at least 4 members (excludes halogenated alkanes) is 1. The summed E-state index contributed by atoms with van der Waals surface area (Å²) in [6.07, 6.45) is 0.738. The van der Waals surface area contributed by atoms with Gasteiger partial charge in [0.25, 0.3) is 0 Å². The van der Waals surface area contributed by atoms with Crippen LogP contribution < -0.4 is 10.2 Å². The Balaban J connectivity index is 1.93. The summed E-state index contributed by atoms with van der Waals surface area (Å²) >= 11 is 0. The van der Waals surface area contributed by atoms with Gasteiger partial charge in [-0.1, -0.05) is 42.5 Å². The van der Waals surface area contributed by atoms with Crippen molar-refractivity contribution in [3.05, 3.63) is 64.8 Å². The monoisotopic (exact) mass is 366 g/mol. The first-order valence-electron chi connectivity index (χ1n) is 8.60. The molecule has 0 aliphatic heterocycles. The molecule has 0 radical (unpaired) electrons. The van der Waals surface area contributed by atoms with Gasteiger partial charge in [-0.2, -0.15) is 0 Å². The van der Waals surface area contributed by atoms with E-state index in [2.05, 4.69) is 0 Å². The molecule has 138 valence electrons. The van der Waals surface area contributed by atoms with Crippen LogP contribution in [-0.2, 0) is 9.59 Å². The first-order chi connectivity index (χ1) is 13.1. The summed E-state index contributed by atoms with van der Waals surface area (Å²) in [6, 6.07) is 15.7. The highest BCUT2D eigenvalue weighted by Gasteiger charge is 2.20. The average Bonchev–Trinajstić information content (AvgIpc) is 2.68. The Bertz CT molecular complexity index is 1020. The second-order valence-corrected chi connectivity index (χ2v) is 6.03. The number of para-hydroxylation sites is 1. The SMILES string of the molecule is O=C(O)CCCCC(=O)Oc1c(-c2ccccc2)oc2ccccc2c1=O. The molecule has 1 N–H and O–H groups in total. The number of carboxylic acids is 1. The van der Waals surface area contributed by atoms with Crippen molar-refractivity contribution in [1.29, 1.82) is 0 Å². The van der Waals surface area contributed by atoms with Crippen LogP contribution >= 0.6 is 0 Å². The molecule has 0 amide bonds. The van der Waals surface area contributed by atoms with E-state index in [4.69, 9.17) is 14.3 Å². The summed E-state index contributed by atoms with van der Waals surface area (Å²) in [7, 11) is 0. The number of esters is 1. The molecule has 1 heterocycles. The maximum atomic E-state index is 12.9. The fourth-order valence-corrected chi connectivity index (χ4v) is 2.71. The maximum Gasteiger partial charge on any atom is 0.311 e. The Morgan fingerprint density at radius 3 is 2.33 bits per heavy atom. The molecule has 0 aliphatic carbocycles. The number of carboxylic acid groups (broad SMARTS) is 1. The van der Waals surface area contributed by atoms with E-state index in [1.807, 2.05) is 6.07 Å². The van der Waals surface area contributed by atoms with Gasteiger partial charge in [-0.05, 0) is 25.0 Å². The molecule has 0 atom stereocenters. The van der Waals surface area contributed by atoms with Gasteiger partial charge in [-0.3, -0.25) is 14.4 Å². The van der Waals surface area contributed by atoms with Gasteiger partial charge < -0.3 is 14.3 Å². The summed E-state index contributed by atoms with van der Waals surface area (Å²) < 4.78 is 11.2. The van der Waals surface area contributed by atoms with E-state index in [1.54, 1.807) is 48.5 Å². The van der Waals surface area contributed by atoms with Gasteiger partial charge >= 0.3 is 11.9 Å². The Morgan fingerprint density at radius 1 is 0.926 bits per heavy atom. The summed E-state index contributed by atoms with van der Waals surface area (Å²) in [5.74, 6) is -1.47. The number of benzene rings is 2. The van der Waals surface area contributed by atoms with Crippen LogP contribution in [0.1, 0.15) is 25.7 Å². The van der Waals surface area contributed by atoms with E-state index in [-0.39, 0.29) is 24.4 Å². The molecular formula is C21H18O6. The van der Waals surface area contributed by atoms with Crippen LogP contribution in [0, 0.1) is 0 Å². The Labute approximate surface area is 155 Å². The first-order valence-corrected chi connectivity index (χ1v) is 8.60. The fraction of sp³-hybridized carbons (Fsp3) is 0.190. The molecule has 0 saturated carbocycles. The van der Waals surface area contributed by atoms with Crippen LogP contribution in [0.2, 0.25) is 0 Å². The van der Waals surface area contributed by atoms with Gasteiger partial charge in [0.05, 0.1) is 5.39 Å². The summed E-state index contributed by atoms with van der Waals surface area (Å²) in [6.45, 7) is 0. The Kier molecular flexibility index (Phi) is 5.66. The van der Waals surface area contributed by atoms with Crippen molar-refractivity contribution in [1.82, 2.24) is 0 Å². The van der Waals surface area contributed by atoms with Gasteiger partial charge in [0.1, 0.15) is 5.58 Å². The lowest BCUT2D eigenvalue weighted by molar-refractivity contribution is -0.138. The highest BCUT2D eigenvalue weighted by molar-refractivity contribution is 5.84. The molecule has 3 aromatic rings.